The highest BCUT2D eigenvalue weighted by Gasteiger charge is 2.27. The number of nitriles is 2. The van der Waals surface area contributed by atoms with Gasteiger partial charge in [-0.3, -0.25) is 0 Å². The summed E-state index contributed by atoms with van der Waals surface area (Å²) in [5.74, 6) is 1.13. The first-order chi connectivity index (χ1) is 26.2. The van der Waals surface area contributed by atoms with Crippen molar-refractivity contribution < 1.29 is 0 Å². The van der Waals surface area contributed by atoms with Crippen LogP contribution in [0.15, 0.2) is 170 Å². The molecular formula is C47H28N6. The summed E-state index contributed by atoms with van der Waals surface area (Å²) in [6, 6.07) is 61.0. The van der Waals surface area contributed by atoms with Gasteiger partial charge in [0.25, 0.3) is 0 Å². The number of rotatable bonds is 6. The Bertz CT molecular complexity index is 2830. The van der Waals surface area contributed by atoms with E-state index in [0.717, 1.165) is 49.6 Å². The molecule has 0 saturated heterocycles. The van der Waals surface area contributed by atoms with Crippen molar-refractivity contribution in [2.75, 3.05) is 0 Å². The summed E-state index contributed by atoms with van der Waals surface area (Å²) in [6.07, 6.45) is 0. The number of para-hydroxylation sites is 2. The van der Waals surface area contributed by atoms with Gasteiger partial charge in [-0.1, -0.05) is 158 Å². The quantitative estimate of drug-likeness (QED) is 0.175. The summed E-state index contributed by atoms with van der Waals surface area (Å²) in [5, 5.41) is 24.4. The molecular weight excluding hydrogens is 649 g/mol. The van der Waals surface area contributed by atoms with E-state index in [9.17, 15) is 10.5 Å². The molecule has 2 aromatic heterocycles. The third-order valence-electron chi connectivity index (χ3n) is 9.56. The largest absolute Gasteiger partial charge is 0.307 e. The standard InChI is InChI=1S/C47H28N6/c48-29-39-38(32-18-7-2-8-19-32)28-42(53-41-27-14-13-24-36(41)37-26-15-25-35(44(37)53)31-16-5-1-6-17-31)40(30-49)43(39)47-51-45(33-20-9-3-10-21-33)50-46(52-47)34-22-11-4-12-23-34/h1-28H. The predicted molar refractivity (Wildman–Crippen MR) is 211 cm³/mol. The van der Waals surface area contributed by atoms with Crippen molar-refractivity contribution >= 4 is 21.8 Å². The Labute approximate surface area is 306 Å². The molecule has 0 fully saturated rings. The summed E-state index contributed by atoms with van der Waals surface area (Å²) >= 11 is 0. The van der Waals surface area contributed by atoms with Gasteiger partial charge in [-0.2, -0.15) is 10.5 Å². The maximum Gasteiger partial charge on any atom is 0.166 e. The predicted octanol–water partition coefficient (Wildman–Crippen LogP) is 11.0. The van der Waals surface area contributed by atoms with Crippen molar-refractivity contribution in [3.63, 3.8) is 0 Å². The first kappa shape index (κ1) is 31.3. The molecule has 9 aromatic rings. The second kappa shape index (κ2) is 13.2. The van der Waals surface area contributed by atoms with Crippen LogP contribution in [0.2, 0.25) is 0 Å². The molecule has 0 radical (unpaired) electrons. The van der Waals surface area contributed by atoms with Crippen molar-refractivity contribution in [3.8, 4) is 74.2 Å². The monoisotopic (exact) mass is 676 g/mol. The van der Waals surface area contributed by atoms with Crippen LogP contribution in [-0.2, 0) is 0 Å². The molecule has 0 spiro atoms. The van der Waals surface area contributed by atoms with Gasteiger partial charge in [0, 0.05) is 33.0 Å². The fourth-order valence-corrected chi connectivity index (χ4v) is 7.18. The summed E-state index contributed by atoms with van der Waals surface area (Å²) in [7, 11) is 0. The van der Waals surface area contributed by atoms with Crippen LogP contribution in [0.5, 0.6) is 0 Å². The Hall–Kier alpha value is -7.67. The fraction of sp³-hybridized carbons (Fsp3) is 0. The molecule has 0 unspecified atom stereocenters. The van der Waals surface area contributed by atoms with Gasteiger partial charge in [0.15, 0.2) is 17.5 Å². The first-order valence-corrected chi connectivity index (χ1v) is 17.3. The van der Waals surface area contributed by atoms with Crippen LogP contribution in [0, 0.1) is 22.7 Å². The smallest absolute Gasteiger partial charge is 0.166 e. The van der Waals surface area contributed by atoms with Gasteiger partial charge >= 0.3 is 0 Å². The average molecular weight is 677 g/mol. The minimum absolute atomic E-state index is 0.244. The Balaban J connectivity index is 1.45. The van der Waals surface area contributed by atoms with Crippen molar-refractivity contribution in [1.29, 1.82) is 10.5 Å². The molecule has 7 aromatic carbocycles. The molecule has 0 atom stereocenters. The lowest BCUT2D eigenvalue weighted by Crippen LogP contribution is -2.07. The van der Waals surface area contributed by atoms with Crippen LogP contribution in [0.1, 0.15) is 11.1 Å². The lowest BCUT2D eigenvalue weighted by atomic mass is 9.90. The number of hydrogen-bond donors (Lipinski definition) is 0. The highest BCUT2D eigenvalue weighted by molar-refractivity contribution is 6.14. The minimum Gasteiger partial charge on any atom is -0.307 e. The van der Waals surface area contributed by atoms with E-state index in [1.54, 1.807) is 0 Å². The maximum atomic E-state index is 11.3. The Morgan fingerprint density at radius 2 is 0.887 bits per heavy atom. The van der Waals surface area contributed by atoms with E-state index < -0.39 is 0 Å². The first-order valence-electron chi connectivity index (χ1n) is 17.3. The molecule has 9 rings (SSSR count). The van der Waals surface area contributed by atoms with Gasteiger partial charge in [-0.25, -0.2) is 15.0 Å². The van der Waals surface area contributed by atoms with Gasteiger partial charge in [-0.15, -0.1) is 0 Å². The van der Waals surface area contributed by atoms with E-state index in [2.05, 4.69) is 59.2 Å². The summed E-state index contributed by atoms with van der Waals surface area (Å²) in [6.45, 7) is 0. The molecule has 2 heterocycles. The summed E-state index contributed by atoms with van der Waals surface area (Å²) in [5.41, 5.74) is 8.62. The van der Waals surface area contributed by atoms with Gasteiger partial charge in [0.1, 0.15) is 12.1 Å². The SMILES string of the molecule is N#Cc1c(-c2ccccc2)cc(-n2c3ccccc3c3cccc(-c4ccccc4)c32)c(C#N)c1-c1nc(-c2ccccc2)nc(-c2ccccc2)n1. The van der Waals surface area contributed by atoms with Crippen molar-refractivity contribution in [3.05, 3.63) is 181 Å². The lowest BCUT2D eigenvalue weighted by Gasteiger charge is -2.19. The zero-order chi connectivity index (χ0) is 35.7. The molecule has 0 amide bonds. The van der Waals surface area contributed by atoms with Crippen LogP contribution in [-0.4, -0.2) is 19.5 Å². The van der Waals surface area contributed by atoms with E-state index in [0.29, 0.717) is 34.0 Å². The summed E-state index contributed by atoms with van der Waals surface area (Å²) in [4.78, 5) is 15.0. The third-order valence-corrected chi connectivity index (χ3v) is 9.56. The second-order valence-corrected chi connectivity index (χ2v) is 12.6. The molecule has 0 aliphatic rings. The van der Waals surface area contributed by atoms with E-state index in [4.69, 9.17) is 15.0 Å². The molecule has 0 aliphatic carbocycles. The molecule has 6 nitrogen and oxygen atoms in total. The van der Waals surface area contributed by atoms with E-state index in [1.807, 2.05) is 127 Å². The normalized spacial score (nSPS) is 11.0. The van der Waals surface area contributed by atoms with E-state index in [-0.39, 0.29) is 11.4 Å². The highest BCUT2D eigenvalue weighted by Crippen LogP contribution is 2.43. The summed E-state index contributed by atoms with van der Waals surface area (Å²) < 4.78 is 2.17. The van der Waals surface area contributed by atoms with E-state index >= 15 is 0 Å². The molecule has 0 N–H and O–H groups in total. The average Bonchev–Trinajstić information content (AvgIpc) is 3.58. The minimum atomic E-state index is 0.244. The topological polar surface area (TPSA) is 91.2 Å². The highest BCUT2D eigenvalue weighted by atomic mass is 15.0. The van der Waals surface area contributed by atoms with Crippen LogP contribution in [0.3, 0.4) is 0 Å². The Morgan fingerprint density at radius 3 is 1.45 bits per heavy atom. The van der Waals surface area contributed by atoms with Crippen molar-refractivity contribution in [2.24, 2.45) is 0 Å². The zero-order valence-electron chi connectivity index (χ0n) is 28.3. The fourth-order valence-electron chi connectivity index (χ4n) is 7.18. The van der Waals surface area contributed by atoms with Crippen molar-refractivity contribution in [1.82, 2.24) is 19.5 Å². The number of aromatic nitrogens is 4. The van der Waals surface area contributed by atoms with Crippen LogP contribution >= 0.6 is 0 Å². The van der Waals surface area contributed by atoms with Crippen LogP contribution < -0.4 is 0 Å². The zero-order valence-corrected chi connectivity index (χ0v) is 28.3. The Morgan fingerprint density at radius 1 is 0.415 bits per heavy atom. The third kappa shape index (κ3) is 5.40. The van der Waals surface area contributed by atoms with Crippen molar-refractivity contribution in [2.45, 2.75) is 0 Å². The molecule has 0 saturated carbocycles. The number of benzene rings is 7. The molecule has 0 aliphatic heterocycles. The van der Waals surface area contributed by atoms with E-state index in [1.165, 1.54) is 0 Å². The maximum absolute atomic E-state index is 11.3. The molecule has 6 heteroatoms. The van der Waals surface area contributed by atoms with Gasteiger partial charge in [0.2, 0.25) is 0 Å². The molecule has 53 heavy (non-hydrogen) atoms. The van der Waals surface area contributed by atoms with Gasteiger partial charge in [-0.05, 0) is 23.3 Å². The second-order valence-electron chi connectivity index (χ2n) is 12.6. The van der Waals surface area contributed by atoms with Crippen LogP contribution in [0.25, 0.3) is 83.9 Å². The number of nitrogens with zero attached hydrogens (tertiary/aromatic N) is 6. The number of fused-ring (bicyclic) bond motifs is 3. The van der Waals surface area contributed by atoms with Gasteiger partial charge in [0.05, 0.1) is 33.4 Å². The Kier molecular flexibility index (Phi) is 7.82. The molecule has 246 valence electrons. The number of hydrogen-bond acceptors (Lipinski definition) is 5. The van der Waals surface area contributed by atoms with Crippen LogP contribution in [0.4, 0.5) is 0 Å². The molecule has 0 bridgehead atoms. The van der Waals surface area contributed by atoms with Gasteiger partial charge < -0.3 is 4.57 Å². The lowest BCUT2D eigenvalue weighted by molar-refractivity contribution is 1.07.